The van der Waals surface area contributed by atoms with Gasteiger partial charge in [-0.15, -0.1) is 11.3 Å². The van der Waals surface area contributed by atoms with Crippen LogP contribution in [0.1, 0.15) is 74.0 Å². The number of ether oxygens (including phenoxy) is 1. The lowest BCUT2D eigenvalue weighted by atomic mass is 9.99. The van der Waals surface area contributed by atoms with Crippen LogP contribution in [0.5, 0.6) is 0 Å². The standard InChI is InChI=1S/C28H29Cl2FN2O4S/c1-4-6-10-24(37-11-5-2)19-9-7-8-18(25(19)31)23-15-38-28(32-23)33-26(34)17-13-21(29)20(22(30)14-17)12-16(3)27(35)36/h7-9,12-15,24H,4-6,10-11H2,1-3H3,(H,35,36)(H,32,33,34). The van der Waals surface area contributed by atoms with Crippen molar-refractivity contribution in [2.75, 3.05) is 11.9 Å². The number of nitrogens with one attached hydrogen (secondary N) is 1. The van der Waals surface area contributed by atoms with Gasteiger partial charge >= 0.3 is 5.97 Å². The maximum Gasteiger partial charge on any atom is 0.331 e. The van der Waals surface area contributed by atoms with Crippen LogP contribution in [-0.2, 0) is 9.53 Å². The van der Waals surface area contributed by atoms with E-state index in [1.807, 2.05) is 6.92 Å². The van der Waals surface area contributed by atoms with E-state index in [-0.39, 0.29) is 38.2 Å². The van der Waals surface area contributed by atoms with Crippen molar-refractivity contribution in [1.29, 1.82) is 0 Å². The lowest BCUT2D eigenvalue weighted by Crippen LogP contribution is -2.12. The first kappa shape index (κ1) is 29.8. The third-order valence-corrected chi connectivity index (χ3v) is 7.14. The SMILES string of the molecule is CCCCC(OCCC)c1cccc(-c2csc(NC(=O)c3cc(Cl)c(C=C(C)C(=O)O)c(Cl)c3)n2)c1F. The molecule has 0 aliphatic heterocycles. The molecule has 3 aromatic rings. The first-order valence-electron chi connectivity index (χ1n) is 12.2. The number of carbonyl (C=O) groups is 2. The second kappa shape index (κ2) is 13.8. The Morgan fingerprint density at radius 3 is 2.55 bits per heavy atom. The van der Waals surface area contributed by atoms with Crippen LogP contribution in [0.3, 0.4) is 0 Å². The van der Waals surface area contributed by atoms with Crippen molar-refractivity contribution in [3.05, 3.63) is 73.8 Å². The summed E-state index contributed by atoms with van der Waals surface area (Å²) in [5.41, 5.74) is 1.75. The predicted molar refractivity (Wildman–Crippen MR) is 152 cm³/mol. The molecule has 0 fully saturated rings. The highest BCUT2D eigenvalue weighted by molar-refractivity contribution is 7.14. The molecule has 38 heavy (non-hydrogen) atoms. The first-order chi connectivity index (χ1) is 18.2. The number of carbonyl (C=O) groups excluding carboxylic acids is 1. The van der Waals surface area contributed by atoms with E-state index in [9.17, 15) is 9.59 Å². The van der Waals surface area contributed by atoms with Crippen LogP contribution in [-0.4, -0.2) is 28.6 Å². The molecule has 2 aromatic carbocycles. The molecule has 10 heteroatoms. The number of amides is 1. The lowest BCUT2D eigenvalue weighted by Gasteiger charge is -2.19. The van der Waals surface area contributed by atoms with E-state index < -0.39 is 11.9 Å². The summed E-state index contributed by atoms with van der Waals surface area (Å²) >= 11 is 13.7. The second-order valence-corrected chi connectivity index (χ2v) is 10.4. The third kappa shape index (κ3) is 7.41. The molecule has 6 nitrogen and oxygen atoms in total. The van der Waals surface area contributed by atoms with E-state index in [2.05, 4.69) is 17.2 Å². The van der Waals surface area contributed by atoms with Gasteiger partial charge in [0.1, 0.15) is 5.82 Å². The molecule has 2 N–H and O–H groups in total. The van der Waals surface area contributed by atoms with E-state index in [1.165, 1.54) is 25.1 Å². The average Bonchev–Trinajstić information content (AvgIpc) is 3.34. The smallest absolute Gasteiger partial charge is 0.331 e. The largest absolute Gasteiger partial charge is 0.478 e. The number of carboxylic acids is 1. The second-order valence-electron chi connectivity index (χ2n) is 8.69. The normalized spacial score (nSPS) is 12.4. The van der Waals surface area contributed by atoms with Gasteiger partial charge in [0, 0.05) is 39.8 Å². The molecule has 1 heterocycles. The number of rotatable bonds is 12. The summed E-state index contributed by atoms with van der Waals surface area (Å²) in [6.45, 7) is 6.07. The third-order valence-electron chi connectivity index (χ3n) is 5.76. The number of hydrogen-bond donors (Lipinski definition) is 2. The number of halogens is 3. The van der Waals surface area contributed by atoms with Crippen LogP contribution in [0, 0.1) is 5.82 Å². The number of unbranched alkanes of at least 4 members (excludes halogenated alkanes) is 1. The number of benzene rings is 2. The number of nitrogens with zero attached hydrogens (tertiary/aromatic N) is 1. The number of anilines is 1. The Bertz CT molecular complexity index is 1310. The zero-order chi connectivity index (χ0) is 27.8. The number of aromatic nitrogens is 1. The van der Waals surface area contributed by atoms with Gasteiger partial charge in [0.15, 0.2) is 5.13 Å². The van der Waals surface area contributed by atoms with Crippen LogP contribution in [0.15, 0.2) is 41.3 Å². The summed E-state index contributed by atoms with van der Waals surface area (Å²) in [6.07, 6.45) is 4.49. The molecule has 0 radical (unpaired) electrons. The Morgan fingerprint density at radius 1 is 1.21 bits per heavy atom. The quantitative estimate of drug-likeness (QED) is 0.210. The molecule has 202 valence electrons. The molecule has 0 aliphatic carbocycles. The van der Waals surface area contributed by atoms with Crippen LogP contribution < -0.4 is 5.32 Å². The maximum absolute atomic E-state index is 15.6. The van der Waals surface area contributed by atoms with Crippen molar-refractivity contribution in [2.24, 2.45) is 0 Å². The average molecular weight is 580 g/mol. The van der Waals surface area contributed by atoms with Gasteiger partial charge in [-0.05, 0) is 44.0 Å². The predicted octanol–water partition coefficient (Wildman–Crippen LogP) is 8.65. The van der Waals surface area contributed by atoms with Crippen molar-refractivity contribution in [3.8, 4) is 11.3 Å². The molecule has 1 atom stereocenters. The van der Waals surface area contributed by atoms with Crippen molar-refractivity contribution in [1.82, 2.24) is 4.98 Å². The monoisotopic (exact) mass is 578 g/mol. The summed E-state index contributed by atoms with van der Waals surface area (Å²) in [4.78, 5) is 28.4. The Labute approximate surface area is 235 Å². The Morgan fingerprint density at radius 2 is 1.92 bits per heavy atom. The zero-order valence-corrected chi connectivity index (χ0v) is 23.6. The molecule has 1 amide bonds. The van der Waals surface area contributed by atoms with E-state index in [0.29, 0.717) is 29.0 Å². The molecular formula is C28H29Cl2FN2O4S. The van der Waals surface area contributed by atoms with Crippen LogP contribution >= 0.6 is 34.5 Å². The highest BCUT2D eigenvalue weighted by Gasteiger charge is 2.21. The fourth-order valence-electron chi connectivity index (χ4n) is 3.73. The minimum absolute atomic E-state index is 0.0474. The summed E-state index contributed by atoms with van der Waals surface area (Å²) < 4.78 is 21.5. The minimum atomic E-state index is -1.11. The van der Waals surface area contributed by atoms with Gasteiger partial charge in [0.2, 0.25) is 0 Å². The highest BCUT2D eigenvalue weighted by atomic mass is 35.5. The molecule has 0 saturated carbocycles. The van der Waals surface area contributed by atoms with E-state index in [0.717, 1.165) is 37.0 Å². The molecule has 0 aliphatic rings. The maximum atomic E-state index is 15.6. The summed E-state index contributed by atoms with van der Waals surface area (Å²) in [7, 11) is 0. The van der Waals surface area contributed by atoms with Gasteiger partial charge in [-0.2, -0.15) is 0 Å². The topological polar surface area (TPSA) is 88.5 Å². The van der Waals surface area contributed by atoms with Crippen molar-refractivity contribution >= 4 is 57.6 Å². The molecule has 1 unspecified atom stereocenters. The summed E-state index contributed by atoms with van der Waals surface area (Å²) in [5.74, 6) is -2.00. The number of hydrogen-bond acceptors (Lipinski definition) is 5. The summed E-state index contributed by atoms with van der Waals surface area (Å²) in [5, 5.41) is 14.0. The number of carboxylic acid groups (broad SMARTS) is 1. The van der Waals surface area contributed by atoms with Gasteiger partial charge in [0.05, 0.1) is 21.8 Å². The van der Waals surface area contributed by atoms with Gasteiger partial charge in [0.25, 0.3) is 5.91 Å². The molecule has 0 spiro atoms. The summed E-state index contributed by atoms with van der Waals surface area (Å²) in [6, 6.07) is 7.98. The fraction of sp³-hybridized carbons (Fsp3) is 0.321. The lowest BCUT2D eigenvalue weighted by molar-refractivity contribution is -0.132. The zero-order valence-electron chi connectivity index (χ0n) is 21.3. The van der Waals surface area contributed by atoms with Gasteiger partial charge in [-0.1, -0.05) is 62.0 Å². The van der Waals surface area contributed by atoms with Gasteiger partial charge < -0.3 is 9.84 Å². The fourth-order valence-corrected chi connectivity index (χ4v) is 5.03. The van der Waals surface area contributed by atoms with E-state index in [1.54, 1.807) is 23.6 Å². The van der Waals surface area contributed by atoms with Crippen molar-refractivity contribution < 1.29 is 23.8 Å². The van der Waals surface area contributed by atoms with E-state index in [4.69, 9.17) is 33.0 Å². The Kier molecular flexibility index (Phi) is 10.8. The van der Waals surface area contributed by atoms with Gasteiger partial charge in [-0.25, -0.2) is 14.2 Å². The van der Waals surface area contributed by atoms with Crippen LogP contribution in [0.2, 0.25) is 10.0 Å². The Balaban J connectivity index is 1.82. The van der Waals surface area contributed by atoms with Crippen molar-refractivity contribution in [2.45, 2.75) is 52.6 Å². The number of aliphatic carboxylic acids is 1. The van der Waals surface area contributed by atoms with Gasteiger partial charge in [-0.3, -0.25) is 10.1 Å². The molecule has 0 bridgehead atoms. The number of thiazole rings is 1. The van der Waals surface area contributed by atoms with Crippen LogP contribution in [0.4, 0.5) is 9.52 Å². The molecular weight excluding hydrogens is 550 g/mol. The van der Waals surface area contributed by atoms with Crippen LogP contribution in [0.25, 0.3) is 17.3 Å². The molecule has 3 rings (SSSR count). The minimum Gasteiger partial charge on any atom is -0.478 e. The first-order valence-corrected chi connectivity index (χ1v) is 13.9. The molecule has 0 saturated heterocycles. The van der Waals surface area contributed by atoms with Crippen molar-refractivity contribution in [3.63, 3.8) is 0 Å². The van der Waals surface area contributed by atoms with E-state index >= 15 is 4.39 Å². The molecule has 1 aromatic heterocycles. The highest BCUT2D eigenvalue weighted by Crippen LogP contribution is 2.34. The Hall–Kier alpha value is -2.78.